The molecule has 70 valence electrons. The van der Waals surface area contributed by atoms with Crippen LogP contribution in [0.15, 0.2) is 25.3 Å². The van der Waals surface area contributed by atoms with Gasteiger partial charge in [0.05, 0.1) is 0 Å². The minimum absolute atomic E-state index is 0.551. The molecule has 0 spiro atoms. The monoisotopic (exact) mass is 282 g/mol. The highest BCUT2D eigenvalue weighted by molar-refractivity contribution is 14.1. The molecule has 0 saturated carbocycles. The summed E-state index contributed by atoms with van der Waals surface area (Å²) in [5.74, 6) is 0. The largest absolute Gasteiger partial charge is 0.357 e. The molecule has 0 atom stereocenters. The van der Waals surface area contributed by atoms with E-state index in [4.69, 9.17) is 0 Å². The number of hydrogen-bond acceptors (Lipinski definition) is 2. The lowest BCUT2D eigenvalue weighted by Crippen LogP contribution is -2.40. The maximum absolute atomic E-state index is 9.45. The van der Waals surface area contributed by atoms with Crippen LogP contribution in [0.1, 0.15) is 19.8 Å². The van der Waals surface area contributed by atoms with E-state index in [1.165, 1.54) is 0 Å². The maximum Gasteiger partial charge on any atom is 0.222 e. The molecule has 0 radical (unpaired) electrons. The van der Waals surface area contributed by atoms with E-state index < -0.39 is 9.21 Å². The van der Waals surface area contributed by atoms with Crippen molar-refractivity contribution < 1.29 is 10.2 Å². The van der Waals surface area contributed by atoms with Crippen molar-refractivity contribution in [2.75, 3.05) is 0 Å². The van der Waals surface area contributed by atoms with Crippen LogP contribution in [0.3, 0.4) is 0 Å². The van der Waals surface area contributed by atoms with Gasteiger partial charge in [0.2, 0.25) is 3.79 Å². The van der Waals surface area contributed by atoms with Crippen molar-refractivity contribution >= 4 is 22.6 Å². The second kappa shape index (κ2) is 4.39. The van der Waals surface area contributed by atoms with Crippen LogP contribution < -0.4 is 0 Å². The third-order valence-corrected chi connectivity index (χ3v) is 3.26. The molecule has 0 aromatic heterocycles. The Morgan fingerprint density at radius 2 is 1.58 bits per heavy atom. The lowest BCUT2D eigenvalue weighted by molar-refractivity contribution is -0.143. The van der Waals surface area contributed by atoms with Crippen molar-refractivity contribution in [1.82, 2.24) is 0 Å². The number of alkyl halides is 1. The van der Waals surface area contributed by atoms with Crippen molar-refractivity contribution in [3.63, 3.8) is 0 Å². The Labute approximate surface area is 87.1 Å². The molecule has 0 fully saturated rings. The second-order valence-corrected chi connectivity index (χ2v) is 4.64. The quantitative estimate of drug-likeness (QED) is 0.351. The molecule has 0 bridgehead atoms. The van der Waals surface area contributed by atoms with Crippen molar-refractivity contribution in [3.05, 3.63) is 25.3 Å². The molecule has 0 rings (SSSR count). The summed E-state index contributed by atoms with van der Waals surface area (Å²) in [5.41, 5.74) is -0.600. The molecule has 3 heteroatoms. The van der Waals surface area contributed by atoms with Crippen LogP contribution >= 0.6 is 22.6 Å². The first-order valence-electron chi connectivity index (χ1n) is 3.73. The van der Waals surface area contributed by atoms with Gasteiger partial charge < -0.3 is 10.2 Å². The Balaban J connectivity index is 4.59. The Hall–Kier alpha value is 0.130. The van der Waals surface area contributed by atoms with Gasteiger partial charge in [0.25, 0.3) is 0 Å². The molecule has 0 saturated heterocycles. The molecular formula is C9H15IO2. The number of allylic oxidation sites excluding steroid dienone is 2. The van der Waals surface area contributed by atoms with Crippen LogP contribution in [-0.4, -0.2) is 14.0 Å². The van der Waals surface area contributed by atoms with Crippen LogP contribution in [0.25, 0.3) is 0 Å². The third kappa shape index (κ3) is 2.88. The van der Waals surface area contributed by atoms with Gasteiger partial charge in [0.15, 0.2) is 0 Å². The molecular weight excluding hydrogens is 267 g/mol. The smallest absolute Gasteiger partial charge is 0.222 e. The number of aliphatic hydroxyl groups is 2. The fourth-order valence-electron chi connectivity index (χ4n) is 0.980. The summed E-state index contributed by atoms with van der Waals surface area (Å²) in [7, 11) is 0. The minimum Gasteiger partial charge on any atom is -0.357 e. The molecule has 0 aliphatic rings. The van der Waals surface area contributed by atoms with Gasteiger partial charge in [-0.2, -0.15) is 0 Å². The van der Waals surface area contributed by atoms with Gasteiger partial charge in [-0.1, -0.05) is 19.1 Å². The van der Waals surface area contributed by atoms with E-state index in [9.17, 15) is 10.2 Å². The summed E-state index contributed by atoms with van der Waals surface area (Å²) < 4.78 is -1.72. The fourth-order valence-corrected chi connectivity index (χ4v) is 1.42. The number of hydrogen-bond donors (Lipinski definition) is 2. The van der Waals surface area contributed by atoms with Crippen LogP contribution in [0.2, 0.25) is 0 Å². The summed E-state index contributed by atoms with van der Waals surface area (Å²) in [5, 5.41) is 18.9. The van der Waals surface area contributed by atoms with Gasteiger partial charge in [-0.3, -0.25) is 0 Å². The van der Waals surface area contributed by atoms with Crippen LogP contribution in [0.5, 0.6) is 0 Å². The van der Waals surface area contributed by atoms with Crippen LogP contribution in [0, 0.1) is 5.41 Å². The fraction of sp³-hybridized carbons (Fsp3) is 0.556. The highest BCUT2D eigenvalue weighted by Crippen LogP contribution is 2.41. The predicted molar refractivity (Wildman–Crippen MR) is 58.9 cm³/mol. The average Bonchev–Trinajstić information content (AvgIpc) is 1.86. The highest BCUT2D eigenvalue weighted by Gasteiger charge is 2.41. The number of rotatable bonds is 5. The maximum atomic E-state index is 9.45. The molecule has 0 aromatic carbocycles. The van der Waals surface area contributed by atoms with E-state index in [-0.39, 0.29) is 0 Å². The first-order chi connectivity index (χ1) is 5.37. The lowest BCUT2D eigenvalue weighted by atomic mass is 9.82. The van der Waals surface area contributed by atoms with Gasteiger partial charge >= 0.3 is 0 Å². The van der Waals surface area contributed by atoms with E-state index in [1.54, 1.807) is 41.7 Å². The SMILES string of the molecule is C=CCC(C)(CC=C)C(O)(O)I. The third-order valence-electron chi connectivity index (χ3n) is 1.96. The van der Waals surface area contributed by atoms with Crippen molar-refractivity contribution in [2.24, 2.45) is 5.41 Å². The van der Waals surface area contributed by atoms with E-state index in [0.29, 0.717) is 12.8 Å². The summed E-state index contributed by atoms with van der Waals surface area (Å²) in [4.78, 5) is 0. The molecule has 0 aromatic rings. The molecule has 2 N–H and O–H groups in total. The molecule has 0 aliphatic heterocycles. The van der Waals surface area contributed by atoms with Crippen LogP contribution in [-0.2, 0) is 0 Å². The molecule has 0 amide bonds. The van der Waals surface area contributed by atoms with E-state index >= 15 is 0 Å². The van der Waals surface area contributed by atoms with Gasteiger partial charge in [0.1, 0.15) is 0 Å². The zero-order valence-corrected chi connectivity index (χ0v) is 9.41. The van der Waals surface area contributed by atoms with Crippen molar-refractivity contribution in [2.45, 2.75) is 23.6 Å². The van der Waals surface area contributed by atoms with E-state index in [2.05, 4.69) is 13.2 Å². The minimum atomic E-state index is -1.72. The lowest BCUT2D eigenvalue weighted by Gasteiger charge is -2.35. The summed E-state index contributed by atoms with van der Waals surface area (Å²) in [6.07, 6.45) is 4.47. The van der Waals surface area contributed by atoms with Gasteiger partial charge in [0, 0.05) is 5.41 Å². The first-order valence-corrected chi connectivity index (χ1v) is 4.81. The molecule has 2 nitrogen and oxygen atoms in total. The normalized spacial score (nSPS) is 12.7. The van der Waals surface area contributed by atoms with Crippen LogP contribution in [0.4, 0.5) is 0 Å². The summed E-state index contributed by atoms with van der Waals surface area (Å²) >= 11 is 1.62. The Morgan fingerprint density at radius 1 is 1.25 bits per heavy atom. The van der Waals surface area contributed by atoms with Gasteiger partial charge in [-0.15, -0.1) is 13.2 Å². The highest BCUT2D eigenvalue weighted by atomic mass is 127. The Kier molecular flexibility index (Phi) is 4.44. The summed E-state index contributed by atoms with van der Waals surface area (Å²) in [6.45, 7) is 8.96. The topological polar surface area (TPSA) is 40.5 Å². The van der Waals surface area contributed by atoms with Gasteiger partial charge in [-0.05, 0) is 35.4 Å². The Morgan fingerprint density at radius 3 is 1.75 bits per heavy atom. The molecule has 12 heavy (non-hydrogen) atoms. The van der Waals surface area contributed by atoms with E-state index in [1.807, 2.05) is 0 Å². The predicted octanol–water partition coefficient (Wildman–Crippen LogP) is 2.22. The second-order valence-electron chi connectivity index (χ2n) is 3.13. The van der Waals surface area contributed by atoms with Crippen molar-refractivity contribution in [1.29, 1.82) is 0 Å². The molecule has 0 aliphatic carbocycles. The van der Waals surface area contributed by atoms with E-state index in [0.717, 1.165) is 0 Å². The zero-order chi connectivity index (χ0) is 9.83. The first kappa shape index (κ1) is 12.1. The zero-order valence-electron chi connectivity index (χ0n) is 7.26. The average molecular weight is 282 g/mol. The van der Waals surface area contributed by atoms with Gasteiger partial charge in [-0.25, -0.2) is 0 Å². The molecule has 0 unspecified atom stereocenters. The molecule has 0 heterocycles. The standard InChI is InChI=1S/C9H15IO2/c1-4-6-8(3,7-5-2)9(10,11)12/h4-5,11-12H,1-2,6-7H2,3H3. The number of halogens is 1. The Bertz CT molecular complexity index is 160. The van der Waals surface area contributed by atoms with Crippen molar-refractivity contribution in [3.8, 4) is 0 Å². The summed E-state index contributed by atoms with van der Waals surface area (Å²) in [6, 6.07) is 0.